The molecule has 0 radical (unpaired) electrons. The van der Waals surface area contributed by atoms with E-state index in [2.05, 4.69) is 17.1 Å². The minimum atomic E-state index is 0. The first-order chi connectivity index (χ1) is 13.0. The van der Waals surface area contributed by atoms with Crippen molar-refractivity contribution in [2.24, 2.45) is 5.92 Å². The van der Waals surface area contributed by atoms with E-state index in [1.807, 2.05) is 42.3 Å². The maximum absolute atomic E-state index is 13.2. The summed E-state index contributed by atoms with van der Waals surface area (Å²) in [5.41, 5.74) is 0.745. The number of nitrogens with zero attached hydrogens (tertiary/aromatic N) is 2. The predicted molar refractivity (Wildman–Crippen MR) is 113 cm³/mol. The maximum Gasteiger partial charge on any atom is 0.253 e. The van der Waals surface area contributed by atoms with Crippen LogP contribution in [0.3, 0.4) is 0 Å². The van der Waals surface area contributed by atoms with E-state index in [4.69, 9.17) is 0 Å². The van der Waals surface area contributed by atoms with E-state index in [0.29, 0.717) is 24.0 Å². The minimum Gasteiger partial charge on any atom is -0.339 e. The van der Waals surface area contributed by atoms with Gasteiger partial charge in [0, 0.05) is 42.7 Å². The highest BCUT2D eigenvalue weighted by atomic mass is 35.5. The molecule has 2 bridgehead atoms. The van der Waals surface area contributed by atoms with Gasteiger partial charge in [-0.3, -0.25) is 9.59 Å². The van der Waals surface area contributed by atoms with Gasteiger partial charge in [-0.1, -0.05) is 18.2 Å². The summed E-state index contributed by atoms with van der Waals surface area (Å²) in [6.07, 6.45) is 5.90. The van der Waals surface area contributed by atoms with Crippen LogP contribution < -0.4 is 5.32 Å². The molecule has 5 nitrogen and oxygen atoms in total. The first-order valence-corrected chi connectivity index (χ1v) is 10.4. The lowest BCUT2D eigenvalue weighted by molar-refractivity contribution is -0.142. The fourth-order valence-corrected chi connectivity index (χ4v) is 5.34. The van der Waals surface area contributed by atoms with E-state index in [1.54, 1.807) is 0 Å². The molecule has 2 amide bonds. The summed E-state index contributed by atoms with van der Waals surface area (Å²) in [6, 6.07) is 10.8. The molecular weight excluding hydrogens is 374 g/mol. The molecule has 3 saturated heterocycles. The lowest BCUT2D eigenvalue weighted by Gasteiger charge is -2.44. The average molecular weight is 406 g/mol. The molecule has 4 atom stereocenters. The largest absolute Gasteiger partial charge is 0.339 e. The second-order valence-electron chi connectivity index (χ2n) is 8.61. The molecule has 0 aliphatic carbocycles. The van der Waals surface area contributed by atoms with Crippen LogP contribution >= 0.6 is 12.4 Å². The Kier molecular flexibility index (Phi) is 6.66. The second kappa shape index (κ2) is 8.83. The van der Waals surface area contributed by atoms with E-state index in [0.717, 1.165) is 50.6 Å². The van der Waals surface area contributed by atoms with E-state index >= 15 is 0 Å². The van der Waals surface area contributed by atoms with Gasteiger partial charge in [-0.2, -0.15) is 0 Å². The number of hydrogen-bond donors (Lipinski definition) is 1. The van der Waals surface area contributed by atoms with Crippen LogP contribution in [0, 0.1) is 5.92 Å². The van der Waals surface area contributed by atoms with Crippen molar-refractivity contribution in [3.05, 3.63) is 35.9 Å². The Morgan fingerprint density at radius 2 is 1.68 bits per heavy atom. The van der Waals surface area contributed by atoms with Gasteiger partial charge in [-0.05, 0) is 64.1 Å². The van der Waals surface area contributed by atoms with Crippen LogP contribution in [0.15, 0.2) is 30.3 Å². The minimum absolute atomic E-state index is 0. The highest BCUT2D eigenvalue weighted by molar-refractivity contribution is 5.94. The molecule has 1 aromatic carbocycles. The van der Waals surface area contributed by atoms with Gasteiger partial charge in [-0.25, -0.2) is 0 Å². The fraction of sp³-hybridized carbons (Fsp3) is 0.636. The van der Waals surface area contributed by atoms with E-state index in [-0.39, 0.29) is 30.3 Å². The van der Waals surface area contributed by atoms with Crippen LogP contribution in [0.4, 0.5) is 0 Å². The Morgan fingerprint density at radius 1 is 1.04 bits per heavy atom. The average Bonchev–Trinajstić information content (AvgIpc) is 2.96. The zero-order valence-corrected chi connectivity index (χ0v) is 17.7. The van der Waals surface area contributed by atoms with Crippen LogP contribution in [-0.4, -0.2) is 59.4 Å². The maximum atomic E-state index is 13.2. The van der Waals surface area contributed by atoms with Crippen LogP contribution in [0.5, 0.6) is 0 Å². The number of piperidine rings is 2. The van der Waals surface area contributed by atoms with Crippen molar-refractivity contribution in [1.82, 2.24) is 15.1 Å². The van der Waals surface area contributed by atoms with E-state index < -0.39 is 0 Å². The van der Waals surface area contributed by atoms with Gasteiger partial charge in [0.25, 0.3) is 5.91 Å². The van der Waals surface area contributed by atoms with Crippen LogP contribution in [0.1, 0.15) is 55.8 Å². The van der Waals surface area contributed by atoms with Crippen LogP contribution in [0.25, 0.3) is 0 Å². The van der Waals surface area contributed by atoms with Gasteiger partial charge in [0.15, 0.2) is 0 Å². The number of hydrogen-bond acceptors (Lipinski definition) is 3. The first-order valence-electron chi connectivity index (χ1n) is 10.4. The summed E-state index contributed by atoms with van der Waals surface area (Å²) < 4.78 is 0. The van der Waals surface area contributed by atoms with Gasteiger partial charge in [-0.15, -0.1) is 12.4 Å². The molecule has 4 rings (SSSR count). The molecule has 3 heterocycles. The van der Waals surface area contributed by atoms with Gasteiger partial charge >= 0.3 is 0 Å². The van der Waals surface area contributed by atoms with Crippen molar-refractivity contribution in [3.8, 4) is 0 Å². The van der Waals surface area contributed by atoms with Crippen LogP contribution in [-0.2, 0) is 4.79 Å². The molecule has 1 aromatic rings. The van der Waals surface area contributed by atoms with Crippen molar-refractivity contribution in [3.63, 3.8) is 0 Å². The smallest absolute Gasteiger partial charge is 0.253 e. The summed E-state index contributed by atoms with van der Waals surface area (Å²) in [6.45, 7) is 3.11. The number of benzene rings is 1. The number of rotatable bonds is 3. The number of halogens is 1. The molecule has 6 heteroatoms. The lowest BCUT2D eigenvalue weighted by atomic mass is 9.89. The molecule has 3 aliphatic rings. The topological polar surface area (TPSA) is 52.7 Å². The van der Waals surface area contributed by atoms with Crippen LogP contribution in [0.2, 0.25) is 0 Å². The second-order valence-corrected chi connectivity index (χ2v) is 8.61. The van der Waals surface area contributed by atoms with Gasteiger partial charge in [0.2, 0.25) is 5.91 Å². The molecule has 154 valence electrons. The number of nitrogens with one attached hydrogen (secondary N) is 1. The summed E-state index contributed by atoms with van der Waals surface area (Å²) in [4.78, 5) is 30.1. The zero-order valence-electron chi connectivity index (χ0n) is 16.8. The Balaban J connectivity index is 0.00000225. The third-order valence-corrected chi connectivity index (χ3v) is 6.82. The van der Waals surface area contributed by atoms with Crippen molar-refractivity contribution in [1.29, 1.82) is 0 Å². The number of carbonyl (C=O) groups excluding carboxylic acids is 2. The lowest BCUT2D eigenvalue weighted by Crippen LogP contribution is -2.55. The van der Waals surface area contributed by atoms with Gasteiger partial charge in [0.05, 0.1) is 0 Å². The Hall–Kier alpha value is -1.59. The standard InChI is InChI=1S/C22H31N3O2.ClH/c1-15-12-17(10-11-23-15)22(27)25-18-8-9-19(25)14-20(13-18)24(2)21(26)16-6-4-3-5-7-16;/h3-7,15,17-20,23H,8-14H2,1-2H3;1H/t15-,17-,18?,19?,20?;/m0./s1. The third kappa shape index (κ3) is 4.06. The Bertz CT molecular complexity index is 684. The molecular formula is C22H32ClN3O2. The monoisotopic (exact) mass is 405 g/mol. The zero-order chi connectivity index (χ0) is 19.0. The highest BCUT2D eigenvalue weighted by Gasteiger charge is 2.46. The molecule has 3 aliphatic heterocycles. The van der Waals surface area contributed by atoms with Crippen molar-refractivity contribution >= 4 is 24.2 Å². The van der Waals surface area contributed by atoms with Crippen molar-refractivity contribution in [2.75, 3.05) is 13.6 Å². The summed E-state index contributed by atoms with van der Waals surface area (Å²) in [5.74, 6) is 0.628. The normalized spacial score (nSPS) is 31.8. The number of amides is 2. The van der Waals surface area contributed by atoms with Crippen molar-refractivity contribution in [2.45, 2.75) is 69.6 Å². The number of fused-ring (bicyclic) bond motifs is 2. The van der Waals surface area contributed by atoms with Crippen molar-refractivity contribution < 1.29 is 9.59 Å². The van der Waals surface area contributed by atoms with E-state index in [1.165, 1.54) is 0 Å². The Morgan fingerprint density at radius 3 is 2.29 bits per heavy atom. The molecule has 28 heavy (non-hydrogen) atoms. The van der Waals surface area contributed by atoms with Gasteiger partial charge in [0.1, 0.15) is 0 Å². The summed E-state index contributed by atoms with van der Waals surface area (Å²) >= 11 is 0. The Labute approximate surface area is 174 Å². The number of carbonyl (C=O) groups is 2. The summed E-state index contributed by atoms with van der Waals surface area (Å²) in [7, 11) is 1.92. The predicted octanol–water partition coefficient (Wildman–Crippen LogP) is 3.09. The molecule has 3 fully saturated rings. The fourth-order valence-electron chi connectivity index (χ4n) is 5.34. The van der Waals surface area contributed by atoms with Gasteiger partial charge < -0.3 is 15.1 Å². The van der Waals surface area contributed by atoms with E-state index in [9.17, 15) is 9.59 Å². The molecule has 1 N–H and O–H groups in total. The molecule has 2 unspecified atom stereocenters. The highest BCUT2D eigenvalue weighted by Crippen LogP contribution is 2.39. The molecule has 0 spiro atoms. The third-order valence-electron chi connectivity index (χ3n) is 6.82. The summed E-state index contributed by atoms with van der Waals surface area (Å²) in [5, 5.41) is 3.44. The molecule has 0 saturated carbocycles. The SMILES string of the molecule is C[C@H]1C[C@@H](C(=O)N2C3CCC2CC(N(C)C(=O)c2ccccc2)C3)CCN1.Cl. The quantitative estimate of drug-likeness (QED) is 0.840. The molecule has 0 aromatic heterocycles. The first kappa shape index (κ1) is 21.1.